The van der Waals surface area contributed by atoms with E-state index in [0.717, 1.165) is 5.57 Å². The normalized spacial score (nSPS) is 10.8. The van der Waals surface area contributed by atoms with Crippen LogP contribution in [0.2, 0.25) is 0 Å². The number of carbonyl (C=O) groups is 1. The van der Waals surface area contributed by atoms with Crippen LogP contribution in [0.5, 0.6) is 0 Å². The van der Waals surface area contributed by atoms with Gasteiger partial charge in [0.1, 0.15) is 0 Å². The number of allylic oxidation sites excluding steroid dienone is 2. The first kappa shape index (κ1) is 10.7. The molecule has 2 heteroatoms. The topological polar surface area (TPSA) is 20.3 Å². The Morgan fingerprint density at radius 3 is 2.17 bits per heavy atom. The van der Waals surface area contributed by atoms with Crippen molar-refractivity contribution in [2.45, 2.75) is 6.92 Å². The molecule has 2 nitrogen and oxygen atoms in total. The Labute approximate surface area is 73.9 Å². The second-order valence-electron chi connectivity index (χ2n) is 2.80. The molecule has 0 saturated carbocycles. The summed E-state index contributed by atoms with van der Waals surface area (Å²) in [6.45, 7) is 9.05. The molecule has 0 unspecified atom stereocenters. The smallest absolute Gasteiger partial charge is 0.253 e. The van der Waals surface area contributed by atoms with E-state index < -0.39 is 0 Å². The van der Waals surface area contributed by atoms with Crippen molar-refractivity contribution in [1.82, 2.24) is 4.90 Å². The molecule has 0 N–H and O–H groups in total. The molecule has 0 bridgehead atoms. The fourth-order valence-corrected chi connectivity index (χ4v) is 0.755. The Balaban J connectivity index is 4.76. The molecule has 0 radical (unpaired) electrons. The Morgan fingerprint density at radius 2 is 1.92 bits per heavy atom. The molecular weight excluding hydrogens is 150 g/mol. The van der Waals surface area contributed by atoms with Gasteiger partial charge in [0, 0.05) is 19.7 Å². The molecule has 0 atom stereocenters. The van der Waals surface area contributed by atoms with Crippen LogP contribution < -0.4 is 0 Å². The lowest BCUT2D eigenvalue weighted by Gasteiger charge is -2.12. The van der Waals surface area contributed by atoms with Gasteiger partial charge in [-0.15, -0.1) is 0 Å². The van der Waals surface area contributed by atoms with E-state index in [4.69, 9.17) is 0 Å². The number of nitrogens with zero attached hydrogens (tertiary/aromatic N) is 1. The number of carbonyl (C=O) groups excluding carboxylic acids is 1. The van der Waals surface area contributed by atoms with Crippen LogP contribution in [0.15, 0.2) is 36.5 Å². The molecule has 66 valence electrons. The minimum Gasteiger partial charge on any atom is -0.345 e. The SMILES string of the molecule is C=C/C=C(\C(=C)C)C(=O)N(C)C. The predicted molar refractivity (Wildman–Crippen MR) is 51.8 cm³/mol. The van der Waals surface area contributed by atoms with Gasteiger partial charge >= 0.3 is 0 Å². The van der Waals surface area contributed by atoms with Crippen molar-refractivity contribution in [2.75, 3.05) is 14.1 Å². The second kappa shape index (κ2) is 4.54. The van der Waals surface area contributed by atoms with Crippen molar-refractivity contribution in [3.05, 3.63) is 36.5 Å². The van der Waals surface area contributed by atoms with Crippen LogP contribution in [-0.2, 0) is 4.79 Å². The summed E-state index contributed by atoms with van der Waals surface area (Å²) in [5.74, 6) is -0.0394. The van der Waals surface area contributed by atoms with Crippen molar-refractivity contribution < 1.29 is 4.79 Å². The van der Waals surface area contributed by atoms with Crippen molar-refractivity contribution in [2.24, 2.45) is 0 Å². The lowest BCUT2D eigenvalue weighted by atomic mass is 10.1. The number of hydrogen-bond acceptors (Lipinski definition) is 1. The van der Waals surface area contributed by atoms with Gasteiger partial charge in [0.25, 0.3) is 5.91 Å². The molecule has 1 amide bonds. The molecule has 12 heavy (non-hydrogen) atoms. The van der Waals surface area contributed by atoms with E-state index in [1.54, 1.807) is 33.2 Å². The van der Waals surface area contributed by atoms with Gasteiger partial charge in [0.05, 0.1) is 0 Å². The van der Waals surface area contributed by atoms with Crippen molar-refractivity contribution >= 4 is 5.91 Å². The van der Waals surface area contributed by atoms with E-state index in [1.165, 1.54) is 4.90 Å². The summed E-state index contributed by atoms with van der Waals surface area (Å²) in [7, 11) is 3.42. The summed E-state index contributed by atoms with van der Waals surface area (Å²) in [6.07, 6.45) is 3.26. The fraction of sp³-hybridized carbons (Fsp3) is 0.300. The van der Waals surface area contributed by atoms with E-state index in [9.17, 15) is 4.79 Å². The first-order valence-corrected chi connectivity index (χ1v) is 3.71. The highest BCUT2D eigenvalue weighted by molar-refractivity contribution is 5.97. The fourth-order valence-electron chi connectivity index (χ4n) is 0.755. The monoisotopic (exact) mass is 165 g/mol. The van der Waals surface area contributed by atoms with E-state index >= 15 is 0 Å². The van der Waals surface area contributed by atoms with Crippen LogP contribution in [0.3, 0.4) is 0 Å². The van der Waals surface area contributed by atoms with Crippen LogP contribution in [0, 0.1) is 0 Å². The predicted octanol–water partition coefficient (Wildman–Crippen LogP) is 1.76. The second-order valence-corrected chi connectivity index (χ2v) is 2.80. The zero-order valence-electron chi connectivity index (χ0n) is 7.92. The standard InChI is InChI=1S/C10H15NO/c1-6-7-9(8(2)3)10(12)11(4)5/h6-7H,1-2H2,3-5H3/b9-7+. The molecule has 0 aliphatic carbocycles. The molecule has 0 rings (SSSR count). The third kappa shape index (κ3) is 2.74. The largest absolute Gasteiger partial charge is 0.345 e. The molecule has 0 spiro atoms. The highest BCUT2D eigenvalue weighted by atomic mass is 16.2. The summed E-state index contributed by atoms with van der Waals surface area (Å²) < 4.78 is 0. The molecule has 0 fully saturated rings. The van der Waals surface area contributed by atoms with E-state index in [1.807, 2.05) is 0 Å². The van der Waals surface area contributed by atoms with Crippen LogP contribution in [0.1, 0.15) is 6.92 Å². The molecule has 0 heterocycles. The van der Waals surface area contributed by atoms with Crippen molar-refractivity contribution in [3.63, 3.8) is 0 Å². The maximum atomic E-state index is 11.4. The number of rotatable bonds is 3. The Bertz CT molecular complexity index is 236. The molecule has 0 aromatic rings. The lowest BCUT2D eigenvalue weighted by molar-refractivity contribution is -0.124. The first-order valence-electron chi connectivity index (χ1n) is 3.71. The summed E-state index contributed by atoms with van der Waals surface area (Å²) in [6, 6.07) is 0. The highest BCUT2D eigenvalue weighted by Crippen LogP contribution is 2.09. The molecular formula is C10H15NO. The van der Waals surface area contributed by atoms with E-state index in [0.29, 0.717) is 5.57 Å². The van der Waals surface area contributed by atoms with E-state index in [-0.39, 0.29) is 5.91 Å². The average molecular weight is 165 g/mol. The number of amides is 1. The van der Waals surface area contributed by atoms with Gasteiger partial charge in [-0.05, 0) is 18.6 Å². The highest BCUT2D eigenvalue weighted by Gasteiger charge is 2.10. The van der Waals surface area contributed by atoms with Crippen LogP contribution in [-0.4, -0.2) is 24.9 Å². The first-order chi connectivity index (χ1) is 5.50. The zero-order valence-corrected chi connectivity index (χ0v) is 7.92. The third-order valence-corrected chi connectivity index (χ3v) is 1.38. The Hall–Kier alpha value is -1.31. The number of hydrogen-bond donors (Lipinski definition) is 0. The molecule has 0 aliphatic rings. The van der Waals surface area contributed by atoms with Crippen LogP contribution in [0.4, 0.5) is 0 Å². The number of likely N-dealkylation sites (N-methyl/N-ethyl adjacent to an activating group) is 1. The quantitative estimate of drug-likeness (QED) is 0.461. The maximum absolute atomic E-state index is 11.4. The van der Waals surface area contributed by atoms with Crippen LogP contribution >= 0.6 is 0 Å². The average Bonchev–Trinajstić information content (AvgIpc) is 1.98. The summed E-state index contributed by atoms with van der Waals surface area (Å²) in [4.78, 5) is 12.9. The minimum atomic E-state index is -0.0394. The summed E-state index contributed by atoms with van der Waals surface area (Å²) in [5, 5.41) is 0. The maximum Gasteiger partial charge on any atom is 0.253 e. The Kier molecular flexibility index (Phi) is 4.05. The molecule has 0 saturated heterocycles. The third-order valence-electron chi connectivity index (χ3n) is 1.38. The van der Waals surface area contributed by atoms with Crippen LogP contribution in [0.25, 0.3) is 0 Å². The van der Waals surface area contributed by atoms with Gasteiger partial charge in [-0.3, -0.25) is 4.79 Å². The molecule has 0 aromatic carbocycles. The minimum absolute atomic E-state index is 0.0394. The molecule has 0 aliphatic heterocycles. The zero-order chi connectivity index (χ0) is 9.72. The van der Waals surface area contributed by atoms with Crippen molar-refractivity contribution in [3.8, 4) is 0 Å². The van der Waals surface area contributed by atoms with Gasteiger partial charge in [-0.25, -0.2) is 0 Å². The van der Waals surface area contributed by atoms with E-state index in [2.05, 4.69) is 13.2 Å². The van der Waals surface area contributed by atoms with Gasteiger partial charge in [0.15, 0.2) is 0 Å². The Morgan fingerprint density at radius 1 is 1.42 bits per heavy atom. The lowest BCUT2D eigenvalue weighted by Crippen LogP contribution is -2.23. The van der Waals surface area contributed by atoms with Gasteiger partial charge in [-0.2, -0.15) is 0 Å². The van der Waals surface area contributed by atoms with Gasteiger partial charge in [-0.1, -0.05) is 19.2 Å². The van der Waals surface area contributed by atoms with Gasteiger partial charge < -0.3 is 4.90 Å². The summed E-state index contributed by atoms with van der Waals surface area (Å²) >= 11 is 0. The van der Waals surface area contributed by atoms with Crippen molar-refractivity contribution in [1.29, 1.82) is 0 Å². The van der Waals surface area contributed by atoms with Gasteiger partial charge in [0.2, 0.25) is 0 Å². The summed E-state index contributed by atoms with van der Waals surface area (Å²) in [5.41, 5.74) is 1.36. The molecule has 0 aromatic heterocycles.